The molecule has 3 N–H and O–H groups in total. The Kier molecular flexibility index (Phi) is 2.61. The molecule has 90 valence electrons. The van der Waals surface area contributed by atoms with Crippen molar-refractivity contribution in [1.82, 2.24) is 10.2 Å². The second kappa shape index (κ2) is 4.41. The van der Waals surface area contributed by atoms with Crippen molar-refractivity contribution in [3.8, 4) is 5.75 Å². The van der Waals surface area contributed by atoms with E-state index in [0.29, 0.717) is 6.54 Å². The Labute approximate surface area is 104 Å². The molecular formula is C14H13N3O. The van der Waals surface area contributed by atoms with Gasteiger partial charge in [0.2, 0.25) is 0 Å². The zero-order valence-electron chi connectivity index (χ0n) is 9.72. The molecule has 0 aliphatic heterocycles. The van der Waals surface area contributed by atoms with Crippen molar-refractivity contribution in [1.29, 1.82) is 0 Å². The zero-order chi connectivity index (χ0) is 12.4. The van der Waals surface area contributed by atoms with Crippen LogP contribution in [0.4, 0.5) is 5.69 Å². The maximum Gasteiger partial charge on any atom is 0.115 e. The molecule has 0 saturated heterocycles. The van der Waals surface area contributed by atoms with Crippen molar-refractivity contribution in [2.45, 2.75) is 6.54 Å². The normalized spacial score (nSPS) is 10.7. The van der Waals surface area contributed by atoms with E-state index in [1.165, 1.54) is 0 Å². The standard InChI is InChI=1S/C14H13N3O/c18-12-5-1-3-10(7-12)8-15-13-6-2-4-11-9-16-17-14(11)13/h1-7,9,15,18H,8H2,(H,16,17). The minimum absolute atomic E-state index is 0.286. The third-order valence-corrected chi connectivity index (χ3v) is 2.87. The van der Waals surface area contributed by atoms with Gasteiger partial charge in [-0.1, -0.05) is 24.3 Å². The van der Waals surface area contributed by atoms with Gasteiger partial charge in [-0.15, -0.1) is 0 Å². The topological polar surface area (TPSA) is 60.9 Å². The monoisotopic (exact) mass is 239 g/mol. The Morgan fingerprint density at radius 1 is 1.17 bits per heavy atom. The van der Waals surface area contributed by atoms with Crippen LogP contribution in [0, 0.1) is 0 Å². The molecule has 0 bridgehead atoms. The van der Waals surface area contributed by atoms with E-state index in [2.05, 4.69) is 15.5 Å². The summed E-state index contributed by atoms with van der Waals surface area (Å²) in [5, 5.41) is 20.8. The van der Waals surface area contributed by atoms with Crippen molar-refractivity contribution in [3.63, 3.8) is 0 Å². The Morgan fingerprint density at radius 2 is 2.06 bits per heavy atom. The number of fused-ring (bicyclic) bond motifs is 1. The fraction of sp³-hybridized carbons (Fsp3) is 0.0714. The van der Waals surface area contributed by atoms with Gasteiger partial charge >= 0.3 is 0 Å². The molecule has 0 radical (unpaired) electrons. The van der Waals surface area contributed by atoms with Crippen LogP contribution in [-0.2, 0) is 6.54 Å². The molecule has 4 nitrogen and oxygen atoms in total. The molecule has 0 aliphatic rings. The first-order valence-electron chi connectivity index (χ1n) is 5.77. The fourth-order valence-electron chi connectivity index (χ4n) is 1.98. The average molecular weight is 239 g/mol. The van der Waals surface area contributed by atoms with Crippen LogP contribution in [0.1, 0.15) is 5.56 Å². The summed E-state index contributed by atoms with van der Waals surface area (Å²) in [6, 6.07) is 13.2. The van der Waals surface area contributed by atoms with Crippen molar-refractivity contribution < 1.29 is 5.11 Å². The summed E-state index contributed by atoms with van der Waals surface area (Å²) < 4.78 is 0. The number of hydrogen-bond acceptors (Lipinski definition) is 3. The van der Waals surface area contributed by atoms with Crippen LogP contribution in [0.5, 0.6) is 5.75 Å². The molecule has 18 heavy (non-hydrogen) atoms. The van der Waals surface area contributed by atoms with Gasteiger partial charge in [-0.2, -0.15) is 5.10 Å². The van der Waals surface area contributed by atoms with Crippen molar-refractivity contribution in [3.05, 3.63) is 54.2 Å². The molecule has 3 aromatic rings. The highest BCUT2D eigenvalue weighted by Gasteiger charge is 2.02. The summed E-state index contributed by atoms with van der Waals surface area (Å²) >= 11 is 0. The highest BCUT2D eigenvalue weighted by molar-refractivity contribution is 5.89. The maximum atomic E-state index is 9.41. The molecule has 0 spiro atoms. The maximum absolute atomic E-state index is 9.41. The number of nitrogens with zero attached hydrogens (tertiary/aromatic N) is 1. The van der Waals surface area contributed by atoms with E-state index >= 15 is 0 Å². The van der Waals surface area contributed by atoms with Crippen LogP contribution in [0.2, 0.25) is 0 Å². The van der Waals surface area contributed by atoms with E-state index in [9.17, 15) is 5.11 Å². The van der Waals surface area contributed by atoms with Gasteiger partial charge in [-0.05, 0) is 23.8 Å². The van der Waals surface area contributed by atoms with Crippen LogP contribution in [0.15, 0.2) is 48.7 Å². The van der Waals surface area contributed by atoms with Crippen molar-refractivity contribution in [2.24, 2.45) is 0 Å². The SMILES string of the molecule is Oc1cccc(CNc2cccc3cn[nH]c23)c1. The number of aromatic nitrogens is 2. The molecule has 3 rings (SSSR count). The lowest BCUT2D eigenvalue weighted by atomic mass is 10.2. The number of aromatic amines is 1. The minimum Gasteiger partial charge on any atom is -0.508 e. The lowest BCUT2D eigenvalue weighted by Crippen LogP contribution is -1.99. The van der Waals surface area contributed by atoms with Gasteiger partial charge in [0.1, 0.15) is 5.75 Å². The van der Waals surface area contributed by atoms with E-state index in [1.807, 2.05) is 30.3 Å². The summed E-state index contributed by atoms with van der Waals surface area (Å²) in [5.41, 5.74) is 3.04. The molecule has 0 atom stereocenters. The summed E-state index contributed by atoms with van der Waals surface area (Å²) in [6.07, 6.45) is 1.80. The van der Waals surface area contributed by atoms with Crippen molar-refractivity contribution in [2.75, 3.05) is 5.32 Å². The number of H-pyrrole nitrogens is 1. The Morgan fingerprint density at radius 3 is 2.94 bits per heavy atom. The quantitative estimate of drug-likeness (QED) is 0.658. The second-order valence-corrected chi connectivity index (χ2v) is 4.16. The second-order valence-electron chi connectivity index (χ2n) is 4.16. The highest BCUT2D eigenvalue weighted by atomic mass is 16.3. The van der Waals surface area contributed by atoms with Crippen LogP contribution in [0.25, 0.3) is 10.9 Å². The molecule has 0 unspecified atom stereocenters. The predicted molar refractivity (Wildman–Crippen MR) is 71.5 cm³/mol. The average Bonchev–Trinajstić information content (AvgIpc) is 2.85. The van der Waals surface area contributed by atoms with Gasteiger partial charge in [0.25, 0.3) is 0 Å². The number of para-hydroxylation sites is 1. The first kappa shape index (κ1) is 10.7. The summed E-state index contributed by atoms with van der Waals surface area (Å²) in [6.45, 7) is 0.659. The summed E-state index contributed by atoms with van der Waals surface area (Å²) in [5.74, 6) is 0.286. The molecule has 4 heteroatoms. The summed E-state index contributed by atoms with van der Waals surface area (Å²) in [4.78, 5) is 0. The lowest BCUT2D eigenvalue weighted by molar-refractivity contribution is 0.474. The number of benzene rings is 2. The third-order valence-electron chi connectivity index (χ3n) is 2.87. The molecule has 0 aliphatic carbocycles. The van der Waals surface area contributed by atoms with Crippen LogP contribution in [0.3, 0.4) is 0 Å². The minimum atomic E-state index is 0.286. The first-order chi connectivity index (χ1) is 8.83. The Bertz CT molecular complexity index is 675. The molecule has 1 heterocycles. The highest BCUT2D eigenvalue weighted by Crippen LogP contribution is 2.21. The van der Waals surface area contributed by atoms with Gasteiger partial charge in [0.05, 0.1) is 17.4 Å². The molecule has 0 fully saturated rings. The number of phenolic OH excluding ortho intramolecular Hbond substituents is 1. The van der Waals surface area contributed by atoms with E-state index < -0.39 is 0 Å². The first-order valence-corrected chi connectivity index (χ1v) is 5.77. The van der Waals surface area contributed by atoms with Gasteiger partial charge in [-0.25, -0.2) is 0 Å². The van der Waals surface area contributed by atoms with Gasteiger partial charge in [0.15, 0.2) is 0 Å². The molecular weight excluding hydrogens is 226 g/mol. The number of hydrogen-bond donors (Lipinski definition) is 3. The predicted octanol–water partition coefficient (Wildman–Crippen LogP) is 2.88. The zero-order valence-corrected chi connectivity index (χ0v) is 9.72. The van der Waals surface area contributed by atoms with Gasteiger partial charge in [0, 0.05) is 11.9 Å². The Hall–Kier alpha value is -2.49. The lowest BCUT2D eigenvalue weighted by Gasteiger charge is -2.07. The summed E-state index contributed by atoms with van der Waals surface area (Å²) in [7, 11) is 0. The molecule has 1 aromatic heterocycles. The Balaban J connectivity index is 1.83. The van der Waals surface area contributed by atoms with Crippen LogP contribution in [-0.4, -0.2) is 15.3 Å². The number of nitrogens with one attached hydrogen (secondary N) is 2. The van der Waals surface area contributed by atoms with Crippen molar-refractivity contribution >= 4 is 16.6 Å². The van der Waals surface area contributed by atoms with Gasteiger partial charge in [-0.3, -0.25) is 5.10 Å². The van der Waals surface area contributed by atoms with Crippen LogP contribution < -0.4 is 5.32 Å². The van der Waals surface area contributed by atoms with Gasteiger partial charge < -0.3 is 10.4 Å². The number of anilines is 1. The van der Waals surface area contributed by atoms with Crippen LogP contribution >= 0.6 is 0 Å². The smallest absolute Gasteiger partial charge is 0.115 e. The number of aromatic hydroxyl groups is 1. The van der Waals surface area contributed by atoms with E-state index in [0.717, 1.165) is 22.2 Å². The van der Waals surface area contributed by atoms with E-state index in [-0.39, 0.29) is 5.75 Å². The van der Waals surface area contributed by atoms with E-state index in [4.69, 9.17) is 0 Å². The number of phenols is 1. The molecule has 0 amide bonds. The largest absolute Gasteiger partial charge is 0.508 e. The third kappa shape index (κ3) is 2.00. The molecule has 2 aromatic carbocycles. The van der Waals surface area contributed by atoms with E-state index in [1.54, 1.807) is 18.3 Å². The fourth-order valence-corrected chi connectivity index (χ4v) is 1.98. The number of rotatable bonds is 3. The molecule has 0 saturated carbocycles.